The van der Waals surface area contributed by atoms with E-state index in [1.165, 1.54) is 11.1 Å². The second kappa shape index (κ2) is 7.68. The maximum atomic E-state index is 12.0. The van der Waals surface area contributed by atoms with Crippen molar-refractivity contribution in [2.45, 2.75) is 33.2 Å². The smallest absolute Gasteiger partial charge is 0.271 e. The second-order valence-corrected chi connectivity index (χ2v) is 5.67. The van der Waals surface area contributed by atoms with Crippen LogP contribution in [0.25, 0.3) is 0 Å². The van der Waals surface area contributed by atoms with E-state index in [-0.39, 0.29) is 5.91 Å². The molecular weight excluding hydrogens is 286 g/mol. The van der Waals surface area contributed by atoms with Crippen molar-refractivity contribution < 1.29 is 4.79 Å². The number of carbonyl (C=O) groups excluding carboxylic acids is 1. The van der Waals surface area contributed by atoms with Crippen molar-refractivity contribution in [3.63, 3.8) is 0 Å². The van der Waals surface area contributed by atoms with Gasteiger partial charge in [-0.05, 0) is 12.8 Å². The SMILES string of the molecule is CCCNc1cnc(C(=O)NCc2ncc(CC)s2)cn1. The van der Waals surface area contributed by atoms with Crippen molar-refractivity contribution in [3.05, 3.63) is 34.2 Å². The molecule has 2 heterocycles. The topological polar surface area (TPSA) is 79.8 Å². The summed E-state index contributed by atoms with van der Waals surface area (Å²) in [5, 5.41) is 6.81. The summed E-state index contributed by atoms with van der Waals surface area (Å²) in [6.45, 7) is 5.41. The average Bonchev–Trinajstić information content (AvgIpc) is 2.99. The molecule has 7 heteroatoms. The van der Waals surface area contributed by atoms with Crippen LogP contribution in [0.5, 0.6) is 0 Å². The van der Waals surface area contributed by atoms with Crippen LogP contribution in [0.1, 0.15) is 40.6 Å². The molecular formula is C14H19N5OS. The van der Waals surface area contributed by atoms with Gasteiger partial charge in [-0.25, -0.2) is 15.0 Å². The van der Waals surface area contributed by atoms with Crippen LogP contribution in [0.4, 0.5) is 5.82 Å². The van der Waals surface area contributed by atoms with Crippen LogP contribution < -0.4 is 10.6 Å². The third-order valence-corrected chi connectivity index (χ3v) is 3.93. The van der Waals surface area contributed by atoms with Gasteiger partial charge in [0.2, 0.25) is 0 Å². The number of aryl methyl sites for hydroxylation is 1. The third kappa shape index (κ3) is 4.49. The van der Waals surface area contributed by atoms with Crippen LogP contribution in [0.2, 0.25) is 0 Å². The second-order valence-electron chi connectivity index (χ2n) is 4.47. The number of hydrogen-bond donors (Lipinski definition) is 2. The standard InChI is InChI=1S/C14H19N5OS/c1-3-5-15-12-8-16-11(7-17-12)14(20)19-9-13-18-6-10(4-2)21-13/h6-8H,3-5,9H2,1-2H3,(H,15,17)(H,19,20). The molecule has 2 aromatic rings. The number of amides is 1. The summed E-state index contributed by atoms with van der Waals surface area (Å²) in [5.74, 6) is 0.443. The van der Waals surface area contributed by atoms with Crippen LogP contribution >= 0.6 is 11.3 Å². The molecule has 0 fully saturated rings. The zero-order valence-corrected chi connectivity index (χ0v) is 13.0. The molecule has 0 saturated carbocycles. The lowest BCUT2D eigenvalue weighted by Crippen LogP contribution is -2.24. The number of rotatable bonds is 7. The van der Waals surface area contributed by atoms with Gasteiger partial charge < -0.3 is 10.6 Å². The largest absolute Gasteiger partial charge is 0.369 e. The summed E-state index contributed by atoms with van der Waals surface area (Å²) < 4.78 is 0. The monoisotopic (exact) mass is 305 g/mol. The van der Waals surface area contributed by atoms with E-state index in [0.29, 0.717) is 18.1 Å². The van der Waals surface area contributed by atoms with Crippen molar-refractivity contribution in [2.24, 2.45) is 0 Å². The number of carbonyl (C=O) groups is 1. The third-order valence-electron chi connectivity index (χ3n) is 2.79. The lowest BCUT2D eigenvalue weighted by Gasteiger charge is -2.05. The highest BCUT2D eigenvalue weighted by Gasteiger charge is 2.09. The highest BCUT2D eigenvalue weighted by Crippen LogP contribution is 2.13. The maximum absolute atomic E-state index is 12.0. The van der Waals surface area contributed by atoms with Gasteiger partial charge in [-0.15, -0.1) is 11.3 Å². The van der Waals surface area contributed by atoms with Crippen molar-refractivity contribution >= 4 is 23.1 Å². The Kier molecular flexibility index (Phi) is 5.62. The fraction of sp³-hybridized carbons (Fsp3) is 0.429. The molecule has 2 aromatic heterocycles. The molecule has 0 atom stereocenters. The van der Waals surface area contributed by atoms with Gasteiger partial charge in [0.1, 0.15) is 16.5 Å². The molecule has 2 N–H and O–H groups in total. The van der Waals surface area contributed by atoms with Gasteiger partial charge in [0, 0.05) is 17.6 Å². The van der Waals surface area contributed by atoms with Crippen LogP contribution in [0.3, 0.4) is 0 Å². The minimum atomic E-state index is -0.238. The van der Waals surface area contributed by atoms with E-state index >= 15 is 0 Å². The first-order valence-electron chi connectivity index (χ1n) is 7.00. The van der Waals surface area contributed by atoms with Gasteiger partial charge in [-0.2, -0.15) is 0 Å². The number of hydrogen-bond acceptors (Lipinski definition) is 6. The Labute approximate surface area is 128 Å². The summed E-state index contributed by atoms with van der Waals surface area (Å²) in [7, 11) is 0. The van der Waals surface area contributed by atoms with Crippen LogP contribution in [0, 0.1) is 0 Å². The maximum Gasteiger partial charge on any atom is 0.271 e. The molecule has 0 aromatic carbocycles. The first kappa shape index (κ1) is 15.4. The number of anilines is 1. The Morgan fingerprint density at radius 2 is 2.05 bits per heavy atom. The van der Waals surface area contributed by atoms with Gasteiger partial charge in [-0.1, -0.05) is 13.8 Å². The molecule has 0 aliphatic carbocycles. The Morgan fingerprint density at radius 3 is 2.67 bits per heavy atom. The quantitative estimate of drug-likeness (QED) is 0.820. The normalized spacial score (nSPS) is 10.4. The highest BCUT2D eigenvalue weighted by molar-refractivity contribution is 7.11. The van der Waals surface area contributed by atoms with E-state index in [1.807, 2.05) is 6.20 Å². The summed E-state index contributed by atoms with van der Waals surface area (Å²) in [4.78, 5) is 25.7. The molecule has 0 saturated heterocycles. The molecule has 0 unspecified atom stereocenters. The Morgan fingerprint density at radius 1 is 1.19 bits per heavy atom. The summed E-state index contributed by atoms with van der Waals surface area (Å²) >= 11 is 1.61. The van der Waals surface area contributed by atoms with E-state index in [4.69, 9.17) is 0 Å². The summed E-state index contributed by atoms with van der Waals surface area (Å²) in [6, 6.07) is 0. The van der Waals surface area contributed by atoms with Gasteiger partial charge in [0.25, 0.3) is 5.91 Å². The minimum Gasteiger partial charge on any atom is -0.369 e. The first-order chi connectivity index (χ1) is 10.2. The molecule has 0 bridgehead atoms. The van der Waals surface area contributed by atoms with Gasteiger partial charge in [0.05, 0.1) is 18.9 Å². The Balaban J connectivity index is 1.87. The lowest BCUT2D eigenvalue weighted by atomic mass is 10.4. The molecule has 0 aliphatic rings. The number of aromatic nitrogens is 3. The Hall–Kier alpha value is -2.02. The molecule has 112 valence electrons. The first-order valence-corrected chi connectivity index (χ1v) is 7.82. The highest BCUT2D eigenvalue weighted by atomic mass is 32.1. The van der Waals surface area contributed by atoms with Crippen molar-refractivity contribution in [1.29, 1.82) is 0 Å². The molecule has 0 spiro atoms. The molecule has 0 radical (unpaired) electrons. The van der Waals surface area contributed by atoms with Gasteiger partial charge >= 0.3 is 0 Å². The van der Waals surface area contributed by atoms with Gasteiger partial charge in [-0.3, -0.25) is 4.79 Å². The van der Waals surface area contributed by atoms with Crippen molar-refractivity contribution in [2.75, 3.05) is 11.9 Å². The molecule has 1 amide bonds. The van der Waals surface area contributed by atoms with E-state index in [2.05, 4.69) is 39.4 Å². The number of nitrogens with zero attached hydrogens (tertiary/aromatic N) is 3. The molecule has 21 heavy (non-hydrogen) atoms. The summed E-state index contributed by atoms with van der Waals surface area (Å²) in [6.07, 6.45) is 6.87. The van der Waals surface area contributed by atoms with E-state index in [0.717, 1.165) is 24.4 Å². The minimum absolute atomic E-state index is 0.238. The van der Waals surface area contributed by atoms with Crippen LogP contribution in [-0.2, 0) is 13.0 Å². The van der Waals surface area contributed by atoms with E-state index in [1.54, 1.807) is 17.5 Å². The fourth-order valence-electron chi connectivity index (χ4n) is 1.63. The molecule has 2 rings (SSSR count). The average molecular weight is 305 g/mol. The van der Waals surface area contributed by atoms with Crippen molar-refractivity contribution in [3.8, 4) is 0 Å². The van der Waals surface area contributed by atoms with E-state index < -0.39 is 0 Å². The van der Waals surface area contributed by atoms with Crippen LogP contribution in [-0.4, -0.2) is 27.4 Å². The Bertz CT molecular complexity index is 581. The predicted molar refractivity (Wildman–Crippen MR) is 83.5 cm³/mol. The predicted octanol–water partition coefficient (Wildman–Crippen LogP) is 2.25. The number of thiazole rings is 1. The molecule has 0 aliphatic heterocycles. The number of nitrogens with one attached hydrogen (secondary N) is 2. The zero-order valence-electron chi connectivity index (χ0n) is 12.2. The van der Waals surface area contributed by atoms with Crippen LogP contribution in [0.15, 0.2) is 18.6 Å². The lowest BCUT2D eigenvalue weighted by molar-refractivity contribution is 0.0945. The fourth-order valence-corrected chi connectivity index (χ4v) is 2.43. The zero-order chi connectivity index (χ0) is 15.1. The van der Waals surface area contributed by atoms with Gasteiger partial charge in [0.15, 0.2) is 0 Å². The summed E-state index contributed by atoms with van der Waals surface area (Å²) in [5.41, 5.74) is 0.310. The molecule has 6 nitrogen and oxygen atoms in total. The van der Waals surface area contributed by atoms with Crippen molar-refractivity contribution in [1.82, 2.24) is 20.3 Å². The van der Waals surface area contributed by atoms with E-state index in [9.17, 15) is 4.79 Å².